The number of nitrogens with two attached hydrogens (primary N) is 1. The number of benzene rings is 6. The number of nitrogens with zero attached hydrogens (tertiary/aromatic N) is 7. The molecule has 1 unspecified atom stereocenters. The average molecular weight is 1550 g/mol. The summed E-state index contributed by atoms with van der Waals surface area (Å²) in [7, 11) is 6.35. The molecule has 6 aliphatic rings. The van der Waals surface area contributed by atoms with E-state index in [1.807, 2.05) is 79.0 Å². The predicted molar refractivity (Wildman–Crippen MR) is 414 cm³/mol. The van der Waals surface area contributed by atoms with Crippen molar-refractivity contribution in [2.45, 2.75) is 115 Å². The Bertz CT molecular complexity index is 4850. The van der Waals surface area contributed by atoms with Crippen molar-refractivity contribution >= 4 is 87.7 Å². The third-order valence-corrected chi connectivity index (χ3v) is 21.1. The van der Waals surface area contributed by atoms with Crippen molar-refractivity contribution in [1.82, 2.24) is 51.4 Å². The van der Waals surface area contributed by atoms with E-state index >= 15 is 0 Å². The maximum Gasteiger partial charge on any atom is 0.416 e. The SMILES string of the molecule is COc1ccc(C2=CN3C(=O)c4cc(OC)c(OCCCOc5cc6c(cc5OC)C(=O)N5CC7(CC7)C[C@H]5C(O)N6C(=O)OCc5ccc(NC(=O)[C@H](CCCNC(N)=O)NC(=O)[C@@H](NC(=O)CNC(=O)CNC(=O)CCC(=O)N6Cc7ccccc7-c7c(nnn7C)-c7ccccc76)C(C)C)cc5)cc4NC[C@@H]3C2)cc1. The van der Waals surface area contributed by atoms with Gasteiger partial charge in [-0.2, -0.15) is 0 Å². The van der Waals surface area contributed by atoms with Crippen LogP contribution in [0.5, 0.6) is 28.7 Å². The van der Waals surface area contributed by atoms with Gasteiger partial charge in [0.1, 0.15) is 30.1 Å². The summed E-state index contributed by atoms with van der Waals surface area (Å²) < 4.78 is 37.0. The van der Waals surface area contributed by atoms with Crippen LogP contribution in [0.1, 0.15) is 109 Å². The van der Waals surface area contributed by atoms with Crippen molar-refractivity contribution in [3.8, 4) is 51.3 Å². The van der Waals surface area contributed by atoms with E-state index in [1.165, 1.54) is 26.4 Å². The number of carbonyl (C=O) groups is 10. The summed E-state index contributed by atoms with van der Waals surface area (Å²) in [5, 5.41) is 39.9. The van der Waals surface area contributed by atoms with Gasteiger partial charge in [-0.15, -0.1) is 5.10 Å². The van der Waals surface area contributed by atoms with E-state index < -0.39 is 90.9 Å². The maximum absolute atomic E-state index is 14.6. The number of aromatic nitrogens is 3. The molecule has 6 aromatic carbocycles. The number of rotatable bonds is 29. The summed E-state index contributed by atoms with van der Waals surface area (Å²) in [6, 6.07) is 31.3. The third kappa shape index (κ3) is 17.6. The largest absolute Gasteiger partial charge is 0.497 e. The van der Waals surface area contributed by atoms with Gasteiger partial charge in [0.25, 0.3) is 11.8 Å². The molecule has 2 fully saturated rings. The van der Waals surface area contributed by atoms with Crippen molar-refractivity contribution in [3.05, 3.63) is 155 Å². The highest BCUT2D eigenvalue weighted by Crippen LogP contribution is 2.57. The monoisotopic (exact) mass is 1550 g/mol. The smallest absolute Gasteiger partial charge is 0.416 e. The highest BCUT2D eigenvalue weighted by molar-refractivity contribution is 6.07. The van der Waals surface area contributed by atoms with Crippen molar-refractivity contribution in [2.24, 2.45) is 24.1 Å². The molecule has 7 aromatic rings. The van der Waals surface area contributed by atoms with Crippen LogP contribution in [0.15, 0.2) is 128 Å². The number of hydrogen-bond acceptors (Lipinski definition) is 20. The number of primary amides is 1. The van der Waals surface area contributed by atoms with Crippen LogP contribution in [-0.2, 0) is 53.7 Å². The number of fused-ring (bicyclic) bond motifs is 9. The lowest BCUT2D eigenvalue weighted by molar-refractivity contribution is -0.132. The molecule has 0 bridgehead atoms. The maximum atomic E-state index is 14.6. The lowest BCUT2D eigenvalue weighted by atomic mass is 9.95. The Morgan fingerprint density at radius 1 is 0.708 bits per heavy atom. The van der Waals surface area contributed by atoms with Crippen LogP contribution in [0.3, 0.4) is 0 Å². The molecule has 113 heavy (non-hydrogen) atoms. The van der Waals surface area contributed by atoms with Gasteiger partial charge in [0.15, 0.2) is 29.2 Å². The fourth-order valence-corrected chi connectivity index (χ4v) is 14.9. The number of hydrogen-bond donors (Lipinski definition) is 9. The fraction of sp³-hybridized carbons (Fsp3) is 0.383. The fourth-order valence-electron chi connectivity index (χ4n) is 14.9. The normalized spacial score (nSPS) is 17.2. The Labute approximate surface area is 651 Å². The molecule has 5 aliphatic heterocycles. The van der Waals surface area contributed by atoms with Gasteiger partial charge in [0.2, 0.25) is 35.4 Å². The summed E-state index contributed by atoms with van der Waals surface area (Å²) in [5.74, 6) is -3.03. The highest BCUT2D eigenvalue weighted by atomic mass is 16.6. The average Bonchev–Trinajstić information content (AvgIpc) is 1.57. The van der Waals surface area contributed by atoms with Gasteiger partial charge < -0.3 is 91.2 Å². The van der Waals surface area contributed by atoms with E-state index in [-0.39, 0.29) is 110 Å². The molecule has 1 saturated carbocycles. The first-order chi connectivity index (χ1) is 54.5. The zero-order chi connectivity index (χ0) is 79.8. The number of ether oxygens (including phenoxy) is 6. The van der Waals surface area contributed by atoms with Crippen molar-refractivity contribution in [3.63, 3.8) is 0 Å². The van der Waals surface area contributed by atoms with Gasteiger partial charge in [0, 0.05) is 81.1 Å². The Balaban J connectivity index is 0.597. The first-order valence-corrected chi connectivity index (χ1v) is 37.5. The Hall–Kier alpha value is -12.7. The minimum Gasteiger partial charge on any atom is -0.497 e. The molecule has 1 aromatic heterocycles. The molecule has 11 amide bonds. The number of aliphatic hydroxyl groups excluding tert-OH is 1. The molecule has 1 aliphatic carbocycles. The predicted octanol–water partition coefficient (Wildman–Crippen LogP) is 6.75. The lowest BCUT2D eigenvalue weighted by Crippen LogP contribution is -2.56. The van der Waals surface area contributed by atoms with Gasteiger partial charge in [-0.3, -0.25) is 38.4 Å². The first kappa shape index (κ1) is 78.4. The number of para-hydroxylation sites is 1. The van der Waals surface area contributed by atoms with Crippen LogP contribution in [0.25, 0.3) is 28.1 Å². The summed E-state index contributed by atoms with van der Waals surface area (Å²) in [4.78, 5) is 142. The van der Waals surface area contributed by atoms with Crippen LogP contribution in [0, 0.1) is 11.3 Å². The van der Waals surface area contributed by atoms with Crippen LogP contribution < -0.4 is 76.4 Å². The van der Waals surface area contributed by atoms with Gasteiger partial charge in [-0.05, 0) is 115 Å². The van der Waals surface area contributed by atoms with Gasteiger partial charge >= 0.3 is 12.1 Å². The van der Waals surface area contributed by atoms with E-state index in [4.69, 9.17) is 34.2 Å². The van der Waals surface area contributed by atoms with Crippen molar-refractivity contribution in [2.75, 3.05) is 87.7 Å². The van der Waals surface area contributed by atoms with E-state index in [1.54, 1.807) is 83.8 Å². The number of aliphatic hydroxyl groups is 1. The number of carbonyl (C=O) groups excluding carboxylic acids is 10. The van der Waals surface area contributed by atoms with E-state index in [9.17, 15) is 53.1 Å². The molecule has 0 radical (unpaired) electrons. The number of nitrogens with one attached hydrogen (secondary N) is 7. The van der Waals surface area contributed by atoms with E-state index in [2.05, 4.69) is 47.5 Å². The highest BCUT2D eigenvalue weighted by Gasteiger charge is 2.58. The third-order valence-electron chi connectivity index (χ3n) is 21.1. The number of anilines is 4. The zero-order valence-electron chi connectivity index (χ0n) is 63.5. The second-order valence-corrected chi connectivity index (χ2v) is 29.1. The summed E-state index contributed by atoms with van der Waals surface area (Å²) in [6.07, 6.45) is 2.33. The molecule has 6 heterocycles. The summed E-state index contributed by atoms with van der Waals surface area (Å²) >= 11 is 0. The molecule has 32 nitrogen and oxygen atoms in total. The van der Waals surface area contributed by atoms with Crippen LogP contribution in [-0.4, -0.2) is 187 Å². The van der Waals surface area contributed by atoms with Gasteiger partial charge in [-0.25, -0.2) is 19.2 Å². The lowest BCUT2D eigenvalue weighted by Gasteiger charge is -2.31. The Kier molecular flexibility index (Phi) is 23.8. The van der Waals surface area contributed by atoms with Crippen LogP contribution in [0.2, 0.25) is 0 Å². The second kappa shape index (κ2) is 34.3. The summed E-state index contributed by atoms with van der Waals surface area (Å²) in [5.41, 5.74) is 13.5. The Morgan fingerprint density at radius 3 is 2.11 bits per heavy atom. The van der Waals surface area contributed by atoms with Crippen LogP contribution in [0.4, 0.5) is 32.3 Å². The first-order valence-electron chi connectivity index (χ1n) is 37.5. The standard InChI is InChI=1S/C81H91N15O17/c1-46(2)71(89-69(99)41-86-68(98)40-85-67(97)26-27-70(100)94-42-49-13-7-8-14-54(49)73-72(90-91-92(73)3)55-15-9-10-17-60(55)94)75(102)88-58(16-11-30-83-79(82)106)74(101)87-51-22-18-47(19-23-51)44-113-80(107)96-61-37-66(64(110-6)35-57(61)77(104)95-45-81(28-29-81)38-62(95)78(96)105)112-32-12-31-111-65-36-59-56(34-63(65)109-5)76(103)93-43-50(33-52(93)39-84-59)48-20-24-53(108-4)25-21-48/h7-10,13-15,17-25,34-37,43,46,52,58,62,71,78,84,105H,11-12,16,26-33,38-42,44-45H2,1-6H3,(H,85,97)(H,86,98)(H,87,101)(H,88,102)(H,89,99)(H3,82,83,106)/t52-,58-,62-,71-,78?/m0/s1. The van der Waals surface area contributed by atoms with E-state index in [0.29, 0.717) is 77.6 Å². The zero-order valence-corrected chi connectivity index (χ0v) is 63.5. The van der Waals surface area contributed by atoms with Crippen molar-refractivity contribution < 1.29 is 81.5 Å². The molecule has 10 N–H and O–H groups in total. The molecule has 13 rings (SSSR count). The molecule has 592 valence electrons. The number of amides is 11. The number of urea groups is 1. The molecular weight excluding hydrogens is 1450 g/mol. The molecule has 5 atom stereocenters. The topological polar surface area (TPSA) is 400 Å². The van der Waals surface area contributed by atoms with E-state index in [0.717, 1.165) is 51.4 Å². The Morgan fingerprint density at radius 2 is 1.40 bits per heavy atom. The molecule has 32 heteroatoms. The molecular formula is C81H91N15O17. The van der Waals surface area contributed by atoms with Gasteiger partial charge in [0.05, 0.1) is 100 Å². The number of methoxy groups -OCH3 is 3. The second-order valence-electron chi connectivity index (χ2n) is 29.1. The van der Waals surface area contributed by atoms with Gasteiger partial charge in [-0.1, -0.05) is 85.8 Å². The summed E-state index contributed by atoms with van der Waals surface area (Å²) in [6.45, 7) is 3.29. The number of aryl methyl sites for hydroxylation is 1. The minimum absolute atomic E-state index is 0.00155. The van der Waals surface area contributed by atoms with Crippen molar-refractivity contribution in [1.29, 1.82) is 0 Å². The minimum atomic E-state index is -1.53. The quantitative estimate of drug-likeness (QED) is 0.0219. The molecule has 1 spiro atoms. The molecule has 1 saturated heterocycles. The van der Waals surface area contributed by atoms with Crippen LogP contribution >= 0.6 is 0 Å².